The molecule has 1 N–H and O–H groups in total. The SMILES string of the molecule is CCCNC1(c2nc3c(s2)CCC3)CC(C)(C)CC1C. The van der Waals surface area contributed by atoms with Gasteiger partial charge < -0.3 is 5.32 Å². The molecule has 0 amide bonds. The summed E-state index contributed by atoms with van der Waals surface area (Å²) in [6.07, 6.45) is 7.49. The van der Waals surface area contributed by atoms with Crippen LogP contribution >= 0.6 is 11.3 Å². The Labute approximate surface area is 127 Å². The van der Waals surface area contributed by atoms with Gasteiger partial charge in [-0.1, -0.05) is 27.7 Å². The summed E-state index contributed by atoms with van der Waals surface area (Å²) in [5.74, 6) is 0.676. The molecule has 3 heteroatoms. The number of fused-ring (bicyclic) bond motifs is 1. The number of nitrogens with one attached hydrogen (secondary N) is 1. The van der Waals surface area contributed by atoms with E-state index in [4.69, 9.17) is 4.98 Å². The van der Waals surface area contributed by atoms with Crippen molar-refractivity contribution in [3.8, 4) is 0 Å². The lowest BCUT2D eigenvalue weighted by Crippen LogP contribution is -2.45. The van der Waals surface area contributed by atoms with Crippen LogP contribution in [0.4, 0.5) is 0 Å². The van der Waals surface area contributed by atoms with E-state index in [1.165, 1.54) is 49.2 Å². The number of hydrogen-bond acceptors (Lipinski definition) is 3. The van der Waals surface area contributed by atoms with Crippen LogP contribution < -0.4 is 5.32 Å². The Bertz CT molecular complexity index is 470. The minimum atomic E-state index is 0.133. The van der Waals surface area contributed by atoms with E-state index < -0.39 is 0 Å². The van der Waals surface area contributed by atoms with Crippen molar-refractivity contribution in [2.75, 3.05) is 6.54 Å². The maximum atomic E-state index is 5.07. The molecule has 1 heterocycles. The third-order valence-electron chi connectivity index (χ3n) is 5.13. The van der Waals surface area contributed by atoms with Crippen LogP contribution in [0.25, 0.3) is 0 Å². The molecule has 2 aliphatic carbocycles. The van der Waals surface area contributed by atoms with E-state index in [1.807, 2.05) is 11.3 Å². The third kappa shape index (κ3) is 2.33. The van der Waals surface area contributed by atoms with E-state index >= 15 is 0 Å². The zero-order chi connectivity index (χ0) is 14.4. The maximum absolute atomic E-state index is 5.07. The molecule has 0 saturated heterocycles. The van der Waals surface area contributed by atoms with E-state index in [2.05, 4.69) is 33.0 Å². The fraction of sp³-hybridized carbons (Fsp3) is 0.824. The van der Waals surface area contributed by atoms with Gasteiger partial charge in [0, 0.05) is 4.88 Å². The van der Waals surface area contributed by atoms with Gasteiger partial charge in [-0.3, -0.25) is 0 Å². The van der Waals surface area contributed by atoms with Gasteiger partial charge in [0.15, 0.2) is 0 Å². The fourth-order valence-corrected chi connectivity index (χ4v) is 5.76. The summed E-state index contributed by atoms with van der Waals surface area (Å²) in [7, 11) is 0. The first-order valence-corrected chi connectivity index (χ1v) is 9.02. The molecule has 2 unspecified atom stereocenters. The van der Waals surface area contributed by atoms with Crippen LogP contribution in [0.3, 0.4) is 0 Å². The second-order valence-electron chi connectivity index (χ2n) is 7.59. The highest BCUT2D eigenvalue weighted by atomic mass is 32.1. The van der Waals surface area contributed by atoms with Crippen LogP contribution in [0, 0.1) is 11.3 Å². The second kappa shape index (κ2) is 5.10. The molecule has 3 rings (SSSR count). The Morgan fingerprint density at radius 2 is 2.15 bits per heavy atom. The first kappa shape index (κ1) is 14.5. The van der Waals surface area contributed by atoms with Gasteiger partial charge in [-0.25, -0.2) is 4.98 Å². The van der Waals surface area contributed by atoms with Crippen LogP contribution in [-0.4, -0.2) is 11.5 Å². The molecule has 0 bridgehead atoms. The summed E-state index contributed by atoms with van der Waals surface area (Å²) >= 11 is 2.00. The van der Waals surface area contributed by atoms with Crippen molar-refractivity contribution < 1.29 is 0 Å². The Balaban J connectivity index is 1.97. The fourth-order valence-electron chi connectivity index (χ4n) is 4.33. The first-order valence-electron chi connectivity index (χ1n) is 8.21. The van der Waals surface area contributed by atoms with Gasteiger partial charge in [-0.15, -0.1) is 11.3 Å². The van der Waals surface area contributed by atoms with Gasteiger partial charge >= 0.3 is 0 Å². The van der Waals surface area contributed by atoms with Gasteiger partial charge in [-0.05, 0) is 56.4 Å². The summed E-state index contributed by atoms with van der Waals surface area (Å²) in [5.41, 5.74) is 1.96. The molecular weight excluding hydrogens is 264 g/mol. The molecular formula is C17H28N2S. The van der Waals surface area contributed by atoms with E-state index in [0.717, 1.165) is 6.54 Å². The maximum Gasteiger partial charge on any atom is 0.114 e. The van der Waals surface area contributed by atoms with Gasteiger partial charge in [0.2, 0.25) is 0 Å². The van der Waals surface area contributed by atoms with Crippen molar-refractivity contribution in [3.63, 3.8) is 0 Å². The normalized spacial score (nSPS) is 31.7. The van der Waals surface area contributed by atoms with Gasteiger partial charge in [-0.2, -0.15) is 0 Å². The summed E-state index contributed by atoms with van der Waals surface area (Å²) in [6, 6.07) is 0. The van der Waals surface area contributed by atoms with Crippen molar-refractivity contribution in [1.29, 1.82) is 0 Å². The predicted octanol–water partition coefficient (Wildman–Crippen LogP) is 4.28. The zero-order valence-corrected chi connectivity index (χ0v) is 14.2. The first-order chi connectivity index (χ1) is 9.47. The molecule has 1 aromatic heterocycles. The highest BCUT2D eigenvalue weighted by molar-refractivity contribution is 7.12. The summed E-state index contributed by atoms with van der Waals surface area (Å²) in [5, 5.41) is 5.29. The number of aromatic nitrogens is 1. The van der Waals surface area contributed by atoms with E-state index in [9.17, 15) is 0 Å². The lowest BCUT2D eigenvalue weighted by Gasteiger charge is -2.34. The lowest BCUT2D eigenvalue weighted by molar-refractivity contribution is 0.251. The van der Waals surface area contributed by atoms with E-state index in [-0.39, 0.29) is 5.54 Å². The lowest BCUT2D eigenvalue weighted by atomic mass is 9.86. The molecule has 0 aliphatic heterocycles. The minimum Gasteiger partial charge on any atom is -0.305 e. The van der Waals surface area contributed by atoms with Crippen LogP contribution in [0.1, 0.15) is 69.0 Å². The number of rotatable bonds is 4. The minimum absolute atomic E-state index is 0.133. The molecule has 0 spiro atoms. The number of hydrogen-bond donors (Lipinski definition) is 1. The summed E-state index contributed by atoms with van der Waals surface area (Å²) in [6.45, 7) is 10.6. The van der Waals surface area contributed by atoms with Crippen LogP contribution in [0.2, 0.25) is 0 Å². The highest BCUT2D eigenvalue weighted by Gasteiger charge is 2.51. The molecule has 1 fully saturated rings. The van der Waals surface area contributed by atoms with Gasteiger partial charge in [0.1, 0.15) is 5.01 Å². The van der Waals surface area contributed by atoms with E-state index in [1.54, 1.807) is 4.88 Å². The van der Waals surface area contributed by atoms with Crippen molar-refractivity contribution in [2.24, 2.45) is 11.3 Å². The Kier molecular flexibility index (Phi) is 3.70. The number of thiazole rings is 1. The average molecular weight is 292 g/mol. The monoisotopic (exact) mass is 292 g/mol. The van der Waals surface area contributed by atoms with Crippen LogP contribution in [-0.2, 0) is 18.4 Å². The molecule has 20 heavy (non-hydrogen) atoms. The number of aryl methyl sites for hydroxylation is 2. The predicted molar refractivity (Wildman–Crippen MR) is 86.3 cm³/mol. The Hall–Kier alpha value is -0.410. The zero-order valence-electron chi connectivity index (χ0n) is 13.4. The van der Waals surface area contributed by atoms with Crippen molar-refractivity contribution in [3.05, 3.63) is 15.6 Å². The number of nitrogens with zero attached hydrogens (tertiary/aromatic N) is 1. The van der Waals surface area contributed by atoms with Crippen LogP contribution in [0.15, 0.2) is 0 Å². The van der Waals surface area contributed by atoms with Crippen molar-refractivity contribution >= 4 is 11.3 Å². The highest BCUT2D eigenvalue weighted by Crippen LogP contribution is 2.53. The second-order valence-corrected chi connectivity index (χ2v) is 8.67. The average Bonchev–Trinajstić information content (AvgIpc) is 2.98. The van der Waals surface area contributed by atoms with Gasteiger partial charge in [0.05, 0.1) is 11.2 Å². The molecule has 1 aromatic rings. The largest absolute Gasteiger partial charge is 0.305 e. The smallest absolute Gasteiger partial charge is 0.114 e. The quantitative estimate of drug-likeness (QED) is 0.896. The van der Waals surface area contributed by atoms with Crippen molar-refractivity contribution in [1.82, 2.24) is 10.3 Å². The molecule has 0 radical (unpaired) electrons. The molecule has 2 atom stereocenters. The molecule has 2 nitrogen and oxygen atoms in total. The van der Waals surface area contributed by atoms with E-state index in [0.29, 0.717) is 11.3 Å². The van der Waals surface area contributed by atoms with Crippen molar-refractivity contribution in [2.45, 2.75) is 71.8 Å². The molecule has 112 valence electrons. The Morgan fingerprint density at radius 3 is 2.75 bits per heavy atom. The molecule has 0 aromatic carbocycles. The molecule has 2 aliphatic rings. The third-order valence-corrected chi connectivity index (χ3v) is 6.46. The summed E-state index contributed by atoms with van der Waals surface area (Å²) < 4.78 is 0. The molecule has 1 saturated carbocycles. The van der Waals surface area contributed by atoms with Crippen LogP contribution in [0.5, 0.6) is 0 Å². The Morgan fingerprint density at radius 1 is 1.35 bits per heavy atom. The summed E-state index contributed by atoms with van der Waals surface area (Å²) in [4.78, 5) is 6.63. The van der Waals surface area contributed by atoms with Gasteiger partial charge in [0.25, 0.3) is 0 Å². The topological polar surface area (TPSA) is 24.9 Å². The standard InChI is InChI=1S/C17H28N2S/c1-5-9-18-17(11-16(3,4)10-12(17)2)15-19-13-7-6-8-14(13)20-15/h12,18H,5-11H2,1-4H3.